The van der Waals surface area contributed by atoms with E-state index in [1.54, 1.807) is 6.92 Å². The van der Waals surface area contributed by atoms with Crippen LogP contribution in [0.25, 0.3) is 10.4 Å². The Morgan fingerprint density at radius 3 is 3.00 bits per heavy atom. The van der Waals surface area contributed by atoms with Gasteiger partial charge in [0, 0.05) is 23.1 Å². The van der Waals surface area contributed by atoms with Crippen molar-refractivity contribution >= 4 is 11.8 Å². The van der Waals surface area contributed by atoms with Crippen molar-refractivity contribution in [1.29, 1.82) is 0 Å². The van der Waals surface area contributed by atoms with Crippen LogP contribution in [0.2, 0.25) is 0 Å². The molecule has 1 saturated heterocycles. The van der Waals surface area contributed by atoms with E-state index in [4.69, 9.17) is 5.53 Å². The molecule has 1 aromatic heterocycles. The molecule has 10 heteroatoms. The summed E-state index contributed by atoms with van der Waals surface area (Å²) in [6.45, 7) is 1.16. The summed E-state index contributed by atoms with van der Waals surface area (Å²) in [5.74, 6) is 0. The zero-order valence-electron chi connectivity index (χ0n) is 10.6. The molecule has 0 amide bonds. The maximum Gasteiger partial charge on any atom is 0.329 e. The smallest absolute Gasteiger partial charge is 0.329 e. The molecule has 1 aliphatic rings. The van der Waals surface area contributed by atoms with Crippen LogP contribution in [0, 0.1) is 6.92 Å². The van der Waals surface area contributed by atoms with Gasteiger partial charge in [0.05, 0.1) is 17.2 Å². The molecule has 3 atom stereocenters. The summed E-state index contributed by atoms with van der Waals surface area (Å²) >= 11 is 1.12. The lowest BCUT2D eigenvalue weighted by Gasteiger charge is -2.20. The summed E-state index contributed by atoms with van der Waals surface area (Å²) in [5, 5.41) is 21.5. The minimum atomic E-state index is -1.76. The molecule has 1 aromatic rings. The monoisotopic (exact) mass is 299 g/mol. The topological polar surface area (TPSA) is 144 Å². The lowest BCUT2D eigenvalue weighted by molar-refractivity contribution is 0.0263. The molecule has 20 heavy (non-hydrogen) atoms. The zero-order chi connectivity index (χ0) is 14.9. The van der Waals surface area contributed by atoms with Gasteiger partial charge in [0.15, 0.2) is 5.72 Å². The van der Waals surface area contributed by atoms with Gasteiger partial charge in [0.25, 0.3) is 5.56 Å². The number of rotatable bonds is 3. The van der Waals surface area contributed by atoms with Gasteiger partial charge in [-0.2, -0.15) is 0 Å². The molecule has 2 heterocycles. The second kappa shape index (κ2) is 5.33. The number of nitrogens with zero attached hydrogens (tertiary/aromatic N) is 4. The molecular formula is C10H13N5O4S. The number of H-pyrrole nitrogens is 1. The molecule has 0 aliphatic carbocycles. The van der Waals surface area contributed by atoms with Gasteiger partial charge in [-0.05, 0) is 12.5 Å². The number of aryl methyl sites for hydroxylation is 1. The molecular weight excluding hydrogens is 286 g/mol. The number of aromatic nitrogens is 2. The minimum absolute atomic E-state index is 0.0294. The normalized spacial score (nSPS) is 29.1. The fourth-order valence-electron chi connectivity index (χ4n) is 2.07. The molecule has 0 spiro atoms. The Kier molecular flexibility index (Phi) is 3.91. The van der Waals surface area contributed by atoms with E-state index in [1.165, 1.54) is 10.8 Å². The average Bonchev–Trinajstić information content (AvgIpc) is 2.71. The molecule has 1 fully saturated rings. The quantitative estimate of drug-likeness (QED) is 0.403. The number of aliphatic hydroxyl groups is 2. The van der Waals surface area contributed by atoms with Gasteiger partial charge in [0.1, 0.15) is 0 Å². The lowest BCUT2D eigenvalue weighted by atomic mass is 10.1. The lowest BCUT2D eigenvalue weighted by Crippen LogP contribution is -2.36. The molecule has 1 aliphatic heterocycles. The summed E-state index contributed by atoms with van der Waals surface area (Å²) in [7, 11) is 0. The van der Waals surface area contributed by atoms with E-state index in [0.717, 1.165) is 11.8 Å². The van der Waals surface area contributed by atoms with E-state index < -0.39 is 34.2 Å². The molecule has 0 radical (unpaired) electrons. The summed E-state index contributed by atoms with van der Waals surface area (Å²) in [4.78, 5) is 27.9. The van der Waals surface area contributed by atoms with Gasteiger partial charge in [-0.15, -0.1) is 11.8 Å². The van der Waals surface area contributed by atoms with Crippen molar-refractivity contribution < 1.29 is 10.2 Å². The Bertz CT molecular complexity index is 679. The van der Waals surface area contributed by atoms with Crippen molar-refractivity contribution in [1.82, 2.24) is 9.55 Å². The number of hydrogen-bond donors (Lipinski definition) is 3. The van der Waals surface area contributed by atoms with Gasteiger partial charge in [-0.1, -0.05) is 5.11 Å². The highest BCUT2D eigenvalue weighted by atomic mass is 32.2. The molecule has 0 unspecified atom stereocenters. The van der Waals surface area contributed by atoms with Gasteiger partial charge in [-0.3, -0.25) is 14.3 Å². The first-order valence-electron chi connectivity index (χ1n) is 5.78. The zero-order valence-corrected chi connectivity index (χ0v) is 11.4. The summed E-state index contributed by atoms with van der Waals surface area (Å²) in [6, 6.07) is 0. The molecule has 2 rings (SSSR count). The largest absolute Gasteiger partial charge is 0.395 e. The van der Waals surface area contributed by atoms with E-state index in [-0.39, 0.29) is 6.42 Å². The van der Waals surface area contributed by atoms with E-state index in [0.29, 0.717) is 5.56 Å². The van der Waals surface area contributed by atoms with Gasteiger partial charge >= 0.3 is 5.69 Å². The Balaban J connectivity index is 2.42. The predicted octanol–water partition coefficient (Wildman–Crippen LogP) is -0.160. The SMILES string of the molecule is Cc1cn([C@@H]2C[C@@](O)(N=[N+]=[N-])[C@H](CO)S2)c(=O)[nH]c1=O. The van der Waals surface area contributed by atoms with E-state index in [1.807, 2.05) is 0 Å². The van der Waals surface area contributed by atoms with E-state index in [2.05, 4.69) is 15.0 Å². The summed E-state index contributed by atoms with van der Waals surface area (Å²) < 4.78 is 1.26. The molecule has 3 N–H and O–H groups in total. The Hall–Kier alpha value is -1.74. The number of aromatic amines is 1. The predicted molar refractivity (Wildman–Crippen MR) is 72.3 cm³/mol. The Morgan fingerprint density at radius 1 is 1.70 bits per heavy atom. The van der Waals surface area contributed by atoms with Crippen LogP contribution in [0.1, 0.15) is 17.4 Å². The third-order valence-electron chi connectivity index (χ3n) is 3.15. The molecule has 0 saturated carbocycles. The highest BCUT2D eigenvalue weighted by Gasteiger charge is 2.47. The molecule has 108 valence electrons. The van der Waals surface area contributed by atoms with Crippen molar-refractivity contribution in [2.24, 2.45) is 5.11 Å². The number of azide groups is 1. The van der Waals surface area contributed by atoms with Crippen LogP contribution >= 0.6 is 11.8 Å². The van der Waals surface area contributed by atoms with E-state index in [9.17, 15) is 19.8 Å². The summed E-state index contributed by atoms with van der Waals surface area (Å²) in [5.41, 5.74) is 5.99. The van der Waals surface area contributed by atoms with Crippen LogP contribution in [-0.4, -0.2) is 37.3 Å². The average molecular weight is 299 g/mol. The number of thioether (sulfide) groups is 1. The Labute approximate surface area is 116 Å². The number of nitrogens with one attached hydrogen (secondary N) is 1. The van der Waals surface area contributed by atoms with Gasteiger partial charge in [-0.25, -0.2) is 4.79 Å². The van der Waals surface area contributed by atoms with Crippen LogP contribution in [-0.2, 0) is 0 Å². The fraction of sp³-hybridized carbons (Fsp3) is 0.600. The summed E-state index contributed by atoms with van der Waals surface area (Å²) in [6.07, 6.45) is 1.35. The van der Waals surface area contributed by atoms with Crippen LogP contribution in [0.5, 0.6) is 0 Å². The third-order valence-corrected chi connectivity index (χ3v) is 4.71. The number of hydrogen-bond acceptors (Lipinski definition) is 6. The van der Waals surface area contributed by atoms with Crippen LogP contribution in [0.3, 0.4) is 0 Å². The molecule has 0 bridgehead atoms. The van der Waals surface area contributed by atoms with Crippen molar-refractivity contribution in [3.8, 4) is 0 Å². The van der Waals surface area contributed by atoms with Crippen LogP contribution < -0.4 is 11.2 Å². The first kappa shape index (κ1) is 14.7. The van der Waals surface area contributed by atoms with Gasteiger partial charge < -0.3 is 10.2 Å². The molecule has 9 nitrogen and oxygen atoms in total. The van der Waals surface area contributed by atoms with Crippen molar-refractivity contribution in [3.05, 3.63) is 43.0 Å². The first-order valence-corrected chi connectivity index (χ1v) is 6.72. The highest BCUT2D eigenvalue weighted by molar-refractivity contribution is 8.00. The minimum Gasteiger partial charge on any atom is -0.395 e. The van der Waals surface area contributed by atoms with Crippen molar-refractivity contribution in [3.63, 3.8) is 0 Å². The standard InChI is InChI=1S/C10H13N5O4S/c1-5-3-15(9(18)12-8(5)17)7-2-10(19,13-14-11)6(4-16)20-7/h3,6-7,16,19H,2,4H2,1H3,(H,12,17,18)/t6-,7-,10-/m0/s1. The highest BCUT2D eigenvalue weighted by Crippen LogP contribution is 2.47. The van der Waals surface area contributed by atoms with Crippen molar-refractivity contribution in [2.45, 2.75) is 29.7 Å². The fourth-order valence-corrected chi connectivity index (χ4v) is 3.53. The third kappa shape index (κ3) is 2.46. The number of aliphatic hydroxyl groups excluding tert-OH is 1. The first-order chi connectivity index (χ1) is 9.41. The van der Waals surface area contributed by atoms with Crippen LogP contribution in [0.4, 0.5) is 0 Å². The second-order valence-corrected chi connectivity index (χ2v) is 5.90. The maximum absolute atomic E-state index is 11.8. The van der Waals surface area contributed by atoms with Crippen LogP contribution in [0.15, 0.2) is 20.9 Å². The molecule has 0 aromatic carbocycles. The second-order valence-electron chi connectivity index (χ2n) is 4.51. The van der Waals surface area contributed by atoms with Crippen molar-refractivity contribution in [2.75, 3.05) is 6.61 Å². The van der Waals surface area contributed by atoms with E-state index >= 15 is 0 Å². The maximum atomic E-state index is 11.8. The van der Waals surface area contributed by atoms with Gasteiger partial charge in [0.2, 0.25) is 0 Å². The Morgan fingerprint density at radius 2 is 2.40 bits per heavy atom.